The first-order chi connectivity index (χ1) is 30.9. The number of nitrogens with zero attached hydrogens (tertiary/aromatic N) is 4. The molecule has 329 valence electrons. The van der Waals surface area contributed by atoms with Crippen LogP contribution >= 0.6 is 0 Å². The number of imidazole rings is 1. The number of fused-ring (bicyclic) bond motifs is 5. The van der Waals surface area contributed by atoms with E-state index < -0.39 is 13.3 Å². The summed E-state index contributed by atoms with van der Waals surface area (Å²) in [6.45, 7) is 13.7. The minimum Gasteiger partial charge on any atom is -0.501 e. The van der Waals surface area contributed by atoms with Crippen LogP contribution in [-0.2, 0) is 26.5 Å². The van der Waals surface area contributed by atoms with E-state index in [1.807, 2.05) is 48.5 Å². The molecule has 5 nitrogen and oxygen atoms in total. The Morgan fingerprint density at radius 2 is 1.35 bits per heavy atom. The van der Waals surface area contributed by atoms with Crippen molar-refractivity contribution in [2.45, 2.75) is 77.1 Å². The Labute approximate surface area is 400 Å². The first kappa shape index (κ1) is 45.9. The molecule has 0 aliphatic rings. The van der Waals surface area contributed by atoms with E-state index in [1.165, 1.54) is 27.8 Å². The van der Waals surface area contributed by atoms with Crippen molar-refractivity contribution in [3.8, 4) is 39.5 Å². The molecule has 10 aromatic rings. The molecule has 1 radical (unpaired) electrons. The minimum atomic E-state index is -1.86. The molecule has 4 heterocycles. The predicted octanol–water partition coefficient (Wildman–Crippen LogP) is 15.1. The second-order valence-corrected chi connectivity index (χ2v) is 29.6. The quantitative estimate of drug-likeness (QED) is 0.107. The number of pyridine rings is 2. The molecule has 0 atom stereocenters. The third kappa shape index (κ3) is 9.27. The van der Waals surface area contributed by atoms with Gasteiger partial charge in [-0.25, -0.2) is 4.98 Å². The molecule has 10 rings (SSSR count). The molecule has 4 aromatic heterocycles. The summed E-state index contributed by atoms with van der Waals surface area (Å²) in [5.74, 6) is 9.29. The number of hydrogen-bond acceptors (Lipinski definition) is 4. The van der Waals surface area contributed by atoms with Gasteiger partial charge in [0.15, 0.2) is 5.65 Å². The van der Waals surface area contributed by atoms with E-state index in [2.05, 4.69) is 173 Å². The van der Waals surface area contributed by atoms with Gasteiger partial charge in [-0.15, -0.1) is 18.2 Å². The average Bonchev–Trinajstić information content (AvgIpc) is 3.86. The number of hydrogen-bond donors (Lipinski definition) is 0. The smallest absolute Gasteiger partial charge is 0.168 e. The molecule has 0 spiro atoms. The van der Waals surface area contributed by atoms with Crippen molar-refractivity contribution < 1.29 is 24.5 Å². The zero-order valence-corrected chi connectivity index (χ0v) is 43.3. The van der Waals surface area contributed by atoms with Crippen LogP contribution < -0.4 is 4.40 Å². The topological polar surface area (TPSA) is 56.7 Å². The van der Waals surface area contributed by atoms with Crippen LogP contribution in [0.1, 0.15) is 70.1 Å². The van der Waals surface area contributed by atoms with Crippen molar-refractivity contribution in [1.29, 1.82) is 0 Å². The molecular weight excluding hydrogens is 1030 g/mol. The molecule has 0 fully saturated rings. The van der Waals surface area contributed by atoms with Crippen LogP contribution in [0.25, 0.3) is 83.5 Å². The van der Waals surface area contributed by atoms with Gasteiger partial charge in [-0.3, -0.25) is 4.98 Å². The predicted molar refractivity (Wildman–Crippen MR) is 272 cm³/mol. The Kier molecular flexibility index (Phi) is 13.5. The van der Waals surface area contributed by atoms with Gasteiger partial charge in [0.25, 0.3) is 0 Å². The zero-order valence-electron chi connectivity index (χ0n) is 38.8. The maximum Gasteiger partial charge on any atom is 0.168 e. The minimum absolute atomic E-state index is 0. The summed E-state index contributed by atoms with van der Waals surface area (Å²) >= 11 is -1.86. The van der Waals surface area contributed by atoms with Gasteiger partial charge in [-0.1, -0.05) is 105 Å². The van der Waals surface area contributed by atoms with Gasteiger partial charge in [0, 0.05) is 36.6 Å². The molecule has 0 aliphatic carbocycles. The summed E-state index contributed by atoms with van der Waals surface area (Å²) in [4.78, 5) is 15.0. The van der Waals surface area contributed by atoms with E-state index in [-0.39, 0.29) is 31.9 Å². The molecule has 7 heteroatoms. The van der Waals surface area contributed by atoms with Crippen LogP contribution in [0.5, 0.6) is 0 Å². The molecule has 0 bridgehead atoms. The van der Waals surface area contributed by atoms with Crippen LogP contribution in [0, 0.1) is 18.1 Å². The normalized spacial score (nSPS) is 11.8. The maximum atomic E-state index is 6.53. The first-order valence-electron chi connectivity index (χ1n) is 22.7. The van der Waals surface area contributed by atoms with Crippen LogP contribution in [0.3, 0.4) is 0 Å². The fourth-order valence-corrected chi connectivity index (χ4v) is 12.3. The van der Waals surface area contributed by atoms with Gasteiger partial charge >= 0.3 is 126 Å². The molecule has 0 aliphatic heterocycles. The summed E-state index contributed by atoms with van der Waals surface area (Å²) in [6, 6.07) is 55.3. The molecule has 0 saturated heterocycles. The number of para-hydroxylation sites is 2. The zero-order chi connectivity index (χ0) is 44.7. The average molecular weight is 1090 g/mol. The van der Waals surface area contributed by atoms with Crippen LogP contribution in [0.2, 0.25) is 17.3 Å². The van der Waals surface area contributed by atoms with E-state index in [4.69, 9.17) is 19.4 Å². The van der Waals surface area contributed by atoms with E-state index in [0.29, 0.717) is 11.6 Å². The largest absolute Gasteiger partial charge is 0.501 e. The summed E-state index contributed by atoms with van der Waals surface area (Å²) < 4.78 is 10.4. The molecule has 0 N–H and O–H groups in total. The van der Waals surface area contributed by atoms with Gasteiger partial charge in [0.2, 0.25) is 0 Å². The Balaban J connectivity index is 0.000000232. The molecule has 0 unspecified atom stereocenters. The molecule has 65 heavy (non-hydrogen) atoms. The summed E-state index contributed by atoms with van der Waals surface area (Å²) in [5, 5.41) is 3.22. The van der Waals surface area contributed by atoms with Crippen molar-refractivity contribution in [2.24, 2.45) is 5.92 Å². The Morgan fingerprint density at radius 1 is 0.662 bits per heavy atom. The van der Waals surface area contributed by atoms with E-state index in [9.17, 15) is 0 Å². The Hall–Kier alpha value is -5.66. The van der Waals surface area contributed by atoms with Crippen LogP contribution in [0.15, 0.2) is 150 Å². The van der Waals surface area contributed by atoms with E-state index >= 15 is 0 Å². The van der Waals surface area contributed by atoms with Crippen molar-refractivity contribution in [3.05, 3.63) is 175 Å². The third-order valence-corrected chi connectivity index (χ3v) is 16.4. The molecule has 0 amide bonds. The van der Waals surface area contributed by atoms with Crippen molar-refractivity contribution >= 4 is 61.7 Å². The van der Waals surface area contributed by atoms with E-state index in [1.54, 1.807) is 4.40 Å². The van der Waals surface area contributed by atoms with Crippen molar-refractivity contribution in [3.63, 3.8) is 0 Å². The SMILES string of the molecule is CC(C)Cc1cc(-c2[c-]cccc2)nc[c]1[Ge]([CH3])([CH3])[CH3].CC(C)c1cc(-c2ccccc2)cc(C(C)C)c1-n1c(-c2[c-]ccc3c2oc2ccccc23)nc2nc3ccccc3cc21.[Ir]. The van der Waals surface area contributed by atoms with Crippen molar-refractivity contribution in [1.82, 2.24) is 19.5 Å². The fourth-order valence-electron chi connectivity index (χ4n) is 8.95. The molecule has 6 aromatic carbocycles. The third-order valence-electron chi connectivity index (χ3n) is 12.1. The summed E-state index contributed by atoms with van der Waals surface area (Å²) in [6.07, 6.45) is 3.27. The first-order valence-corrected chi connectivity index (χ1v) is 30.0. The van der Waals surface area contributed by atoms with Gasteiger partial charge < -0.3 is 8.98 Å². The second-order valence-electron chi connectivity index (χ2n) is 19.0. The van der Waals surface area contributed by atoms with Crippen LogP contribution in [0.4, 0.5) is 0 Å². The van der Waals surface area contributed by atoms with Crippen LogP contribution in [-0.4, -0.2) is 32.8 Å². The number of furan rings is 1. The van der Waals surface area contributed by atoms with Gasteiger partial charge in [0.1, 0.15) is 5.58 Å². The van der Waals surface area contributed by atoms with Gasteiger partial charge in [-0.2, -0.15) is 0 Å². The summed E-state index contributed by atoms with van der Waals surface area (Å²) in [5.41, 5.74) is 14.8. The molecular formula is C58H56GeIrN4O-2. The molecule has 0 saturated carbocycles. The monoisotopic (exact) mass is 1090 g/mol. The second kappa shape index (κ2) is 19.1. The van der Waals surface area contributed by atoms with Crippen molar-refractivity contribution in [2.75, 3.05) is 0 Å². The maximum absolute atomic E-state index is 6.53. The van der Waals surface area contributed by atoms with Gasteiger partial charge in [-0.05, 0) is 64.4 Å². The number of aromatic nitrogens is 4. The fraction of sp³-hybridized carbons (Fsp3) is 0.224. The Bertz CT molecular complexity index is 3240. The van der Waals surface area contributed by atoms with E-state index in [0.717, 1.165) is 73.1 Å². The van der Waals surface area contributed by atoms with Gasteiger partial charge in [0.05, 0.1) is 22.4 Å². The number of benzene rings is 6. The summed E-state index contributed by atoms with van der Waals surface area (Å²) in [7, 11) is 0. The number of rotatable bonds is 9. The Morgan fingerprint density at radius 3 is 2.05 bits per heavy atom. The standard InChI is InChI=1S/C40H32N3O.C18H24GeN.Ir/c1-24(2)32-21-28(26-13-6-5-7-14-26)22-33(25(3)4)37(32)43-35-23-27-15-8-10-19-34(27)41-39(35)42-40(43)31-18-12-17-30-29-16-9-11-20-36(29)44-38(30)31;1-14(2)11-16-12-18(15-9-7-6-8-10-15)20-13-17(16)19(3,4)5;/h5-17,19-25H,1-4H3;6-9,12-14H,11H2,1-5H3;/q2*-1;.